The van der Waals surface area contributed by atoms with Gasteiger partial charge in [0.05, 0.1) is 7.11 Å². The third-order valence-corrected chi connectivity index (χ3v) is 3.95. The molecule has 1 aromatic carbocycles. The Labute approximate surface area is 134 Å². The van der Waals surface area contributed by atoms with Crippen LogP contribution in [0.4, 0.5) is 5.82 Å². The van der Waals surface area contributed by atoms with Gasteiger partial charge < -0.3 is 4.74 Å². The van der Waals surface area contributed by atoms with Crippen molar-refractivity contribution in [1.29, 1.82) is 0 Å². The van der Waals surface area contributed by atoms with E-state index in [1.54, 1.807) is 11.5 Å². The highest BCUT2D eigenvalue weighted by atomic mass is 16.5. The van der Waals surface area contributed by atoms with Crippen molar-refractivity contribution in [3.8, 4) is 17.0 Å². The summed E-state index contributed by atoms with van der Waals surface area (Å²) in [5.41, 5.74) is 4.29. The number of rotatable bonds is 4. The molecular weight excluding hydrogens is 290 g/mol. The summed E-state index contributed by atoms with van der Waals surface area (Å²) in [6.45, 7) is 6.18. The highest BCUT2D eigenvalue weighted by Crippen LogP contribution is 2.35. The Kier molecular flexibility index (Phi) is 3.86. The Balaban J connectivity index is 2.24. The third-order valence-electron chi connectivity index (χ3n) is 3.95. The fraction of sp³-hybridized carbons (Fsp3) is 0.278. The van der Waals surface area contributed by atoms with E-state index in [0.29, 0.717) is 23.1 Å². The molecule has 0 aliphatic heterocycles. The van der Waals surface area contributed by atoms with Crippen LogP contribution in [-0.2, 0) is 0 Å². The monoisotopic (exact) mass is 309 g/mol. The summed E-state index contributed by atoms with van der Waals surface area (Å²) in [6.07, 6.45) is 1.87. The van der Waals surface area contributed by atoms with Crippen molar-refractivity contribution in [2.24, 2.45) is 5.18 Å². The Bertz CT molecular complexity index is 881. The van der Waals surface area contributed by atoms with E-state index in [0.717, 1.165) is 22.4 Å². The van der Waals surface area contributed by atoms with Crippen molar-refractivity contribution in [3.63, 3.8) is 0 Å². The molecule has 3 rings (SSSR count). The van der Waals surface area contributed by atoms with E-state index in [1.165, 1.54) is 0 Å². The van der Waals surface area contributed by atoms with Gasteiger partial charge in [0.2, 0.25) is 5.82 Å². The zero-order chi connectivity index (χ0) is 16.6. The molecule has 0 radical (unpaired) electrons. The molecule has 0 unspecified atom stereocenters. The molecule has 2 heterocycles. The highest BCUT2D eigenvalue weighted by Gasteiger charge is 2.17. The Morgan fingerprint density at radius 3 is 2.65 bits per heavy atom. The van der Waals surface area contributed by atoms with Crippen molar-refractivity contribution in [2.75, 3.05) is 7.11 Å². The molecule has 0 saturated heterocycles. The van der Waals surface area contributed by atoms with Crippen LogP contribution in [0.25, 0.3) is 16.9 Å². The lowest BCUT2D eigenvalue weighted by Gasteiger charge is -2.12. The zero-order valence-corrected chi connectivity index (χ0v) is 13.7. The first-order valence-corrected chi connectivity index (χ1v) is 7.55. The van der Waals surface area contributed by atoms with Crippen LogP contribution in [0.5, 0.6) is 5.75 Å². The van der Waals surface area contributed by atoms with Gasteiger partial charge in [-0.15, -0.1) is 4.91 Å². The van der Waals surface area contributed by atoms with Gasteiger partial charge in [-0.25, -0.2) is 4.98 Å². The number of hydrogen-bond donors (Lipinski definition) is 0. The van der Waals surface area contributed by atoms with Gasteiger partial charge in [0.15, 0.2) is 0 Å². The minimum atomic E-state index is 0.303. The summed E-state index contributed by atoms with van der Waals surface area (Å²) in [6, 6.07) is 9.70. The molecule has 0 atom stereocenters. The summed E-state index contributed by atoms with van der Waals surface area (Å²) in [5.74, 6) is 1.46. The average Bonchev–Trinajstić information content (AvgIpc) is 2.91. The zero-order valence-electron chi connectivity index (χ0n) is 13.7. The number of methoxy groups -OCH3 is 1. The quantitative estimate of drug-likeness (QED) is 0.648. The molecule has 0 aliphatic rings. The molecule has 2 aromatic heterocycles. The van der Waals surface area contributed by atoms with Crippen LogP contribution in [0.3, 0.4) is 0 Å². The number of aryl methyl sites for hydroxylation is 1. The van der Waals surface area contributed by atoms with E-state index in [2.05, 4.69) is 24.0 Å². The van der Waals surface area contributed by atoms with Gasteiger partial charge in [-0.3, -0.25) is 4.40 Å². The van der Waals surface area contributed by atoms with E-state index in [4.69, 9.17) is 4.74 Å². The molecule has 0 fully saturated rings. The van der Waals surface area contributed by atoms with Crippen molar-refractivity contribution >= 4 is 11.5 Å². The summed E-state index contributed by atoms with van der Waals surface area (Å²) < 4.78 is 7.15. The maximum Gasteiger partial charge on any atom is 0.209 e. The number of imidazole rings is 1. The standard InChI is InChI=1S/C18H19N3O2/c1-11(2)14-9-13(6-7-15(14)23-4)17-18(20-22)21-10-12(3)5-8-16(21)19-17/h5-11H,1-4H3. The second-order valence-electron chi connectivity index (χ2n) is 5.92. The molecular formula is C18H19N3O2. The predicted octanol–water partition coefficient (Wildman–Crippen LogP) is 4.84. The van der Waals surface area contributed by atoms with E-state index < -0.39 is 0 Å². The van der Waals surface area contributed by atoms with Crippen molar-refractivity contribution in [1.82, 2.24) is 9.38 Å². The molecule has 0 bridgehead atoms. The first-order chi connectivity index (χ1) is 11.0. The van der Waals surface area contributed by atoms with E-state index in [9.17, 15) is 4.91 Å². The topological polar surface area (TPSA) is 56.0 Å². The number of nitroso groups, excluding NO2 is 1. The molecule has 118 valence electrons. The van der Waals surface area contributed by atoms with Crippen molar-refractivity contribution < 1.29 is 4.74 Å². The summed E-state index contributed by atoms with van der Waals surface area (Å²) in [7, 11) is 1.66. The van der Waals surface area contributed by atoms with Crippen LogP contribution in [0.15, 0.2) is 41.7 Å². The summed E-state index contributed by atoms with van der Waals surface area (Å²) >= 11 is 0. The number of benzene rings is 1. The fourth-order valence-corrected chi connectivity index (χ4v) is 2.75. The van der Waals surface area contributed by atoms with Crippen molar-refractivity contribution in [2.45, 2.75) is 26.7 Å². The second-order valence-corrected chi connectivity index (χ2v) is 5.92. The van der Waals surface area contributed by atoms with Gasteiger partial charge >= 0.3 is 0 Å². The second kappa shape index (κ2) is 5.83. The number of ether oxygens (including phenoxy) is 1. The maximum atomic E-state index is 11.4. The van der Waals surface area contributed by atoms with E-state index >= 15 is 0 Å². The first kappa shape index (κ1) is 15.2. The molecule has 0 aliphatic carbocycles. The summed E-state index contributed by atoms with van der Waals surface area (Å²) in [5, 5.41) is 3.21. The normalized spacial score (nSPS) is 11.2. The van der Waals surface area contributed by atoms with Crippen LogP contribution < -0.4 is 4.74 Å². The largest absolute Gasteiger partial charge is 0.496 e. The van der Waals surface area contributed by atoms with E-state index in [1.807, 2.05) is 43.5 Å². The third kappa shape index (κ3) is 2.59. The number of fused-ring (bicyclic) bond motifs is 1. The Hall–Kier alpha value is -2.69. The lowest BCUT2D eigenvalue weighted by Crippen LogP contribution is -1.95. The molecule has 3 aromatic rings. The van der Waals surface area contributed by atoms with Gasteiger partial charge in [-0.2, -0.15) is 0 Å². The van der Waals surface area contributed by atoms with Crippen LogP contribution in [0, 0.1) is 11.8 Å². The highest BCUT2D eigenvalue weighted by molar-refractivity contribution is 5.75. The van der Waals surface area contributed by atoms with Gasteiger partial charge in [0, 0.05) is 11.8 Å². The van der Waals surface area contributed by atoms with Gasteiger partial charge in [-0.1, -0.05) is 19.9 Å². The predicted molar refractivity (Wildman–Crippen MR) is 91.5 cm³/mol. The number of hydrogen-bond acceptors (Lipinski definition) is 4. The lowest BCUT2D eigenvalue weighted by atomic mass is 9.98. The average molecular weight is 309 g/mol. The number of aromatic nitrogens is 2. The summed E-state index contributed by atoms with van der Waals surface area (Å²) in [4.78, 5) is 16.0. The molecule has 23 heavy (non-hydrogen) atoms. The molecule has 5 nitrogen and oxygen atoms in total. The van der Waals surface area contributed by atoms with Crippen molar-refractivity contribution in [3.05, 3.63) is 52.6 Å². The maximum absolute atomic E-state index is 11.4. The fourth-order valence-electron chi connectivity index (χ4n) is 2.75. The van der Waals surface area contributed by atoms with Crippen LogP contribution in [0.2, 0.25) is 0 Å². The molecule has 0 N–H and O–H groups in total. The molecule has 0 saturated carbocycles. The van der Waals surface area contributed by atoms with Gasteiger partial charge in [0.25, 0.3) is 0 Å². The van der Waals surface area contributed by atoms with Crippen LogP contribution in [-0.4, -0.2) is 16.5 Å². The number of pyridine rings is 1. The lowest BCUT2D eigenvalue weighted by molar-refractivity contribution is 0.407. The molecule has 0 amide bonds. The van der Waals surface area contributed by atoms with E-state index in [-0.39, 0.29) is 0 Å². The number of nitrogens with zero attached hydrogens (tertiary/aromatic N) is 3. The smallest absolute Gasteiger partial charge is 0.209 e. The molecule has 5 heteroatoms. The van der Waals surface area contributed by atoms with Gasteiger partial charge in [0.1, 0.15) is 17.1 Å². The van der Waals surface area contributed by atoms with Crippen LogP contribution in [0.1, 0.15) is 30.9 Å². The SMILES string of the molecule is COc1ccc(-c2nc3ccc(C)cn3c2N=O)cc1C(C)C. The molecule has 0 spiro atoms. The Morgan fingerprint density at radius 2 is 2.00 bits per heavy atom. The Morgan fingerprint density at radius 1 is 1.22 bits per heavy atom. The minimum Gasteiger partial charge on any atom is -0.496 e. The minimum absolute atomic E-state index is 0.303. The van der Waals surface area contributed by atoms with Gasteiger partial charge in [-0.05, 0) is 53.4 Å². The first-order valence-electron chi connectivity index (χ1n) is 7.55. The van der Waals surface area contributed by atoms with Crippen LogP contribution >= 0.6 is 0 Å².